The van der Waals surface area contributed by atoms with Gasteiger partial charge >= 0.3 is 0 Å². The second-order valence-electron chi connectivity index (χ2n) is 9.37. The highest BCUT2D eigenvalue weighted by molar-refractivity contribution is 7.90. The van der Waals surface area contributed by atoms with Crippen LogP contribution in [0.5, 0.6) is 5.75 Å². The number of carbonyl (C=O) groups excluding carboxylic acids is 1. The first-order chi connectivity index (χ1) is 19.0. The van der Waals surface area contributed by atoms with Crippen LogP contribution in [0.2, 0.25) is 0 Å². The van der Waals surface area contributed by atoms with E-state index in [0.717, 1.165) is 47.5 Å². The molecule has 0 spiro atoms. The van der Waals surface area contributed by atoms with E-state index in [2.05, 4.69) is 36.3 Å². The molecule has 1 amide bonds. The Morgan fingerprint density at radius 3 is 2.51 bits per heavy atom. The molecule has 7 heteroatoms. The molecule has 0 aliphatic carbocycles. The maximum absolute atomic E-state index is 12.9. The summed E-state index contributed by atoms with van der Waals surface area (Å²) < 4.78 is 20.6. The topological polar surface area (TPSA) is 79.2 Å². The number of ether oxygens (including phenoxy) is 1. The van der Waals surface area contributed by atoms with Gasteiger partial charge in [-0.2, -0.15) is 0 Å². The minimum Gasteiger partial charge on any atom is -0.611 e. The normalized spacial score (nSPS) is 12.3. The van der Waals surface area contributed by atoms with E-state index in [1.165, 1.54) is 0 Å². The van der Waals surface area contributed by atoms with Gasteiger partial charge in [0.1, 0.15) is 5.75 Å². The predicted octanol–water partition coefficient (Wildman–Crippen LogP) is 7.10. The summed E-state index contributed by atoms with van der Waals surface area (Å²) in [6.07, 6.45) is 7.39. The summed E-state index contributed by atoms with van der Waals surface area (Å²) in [6.45, 7) is 7.55. The minimum atomic E-state index is -1.20. The smallest absolute Gasteiger partial charge is 0.251 e. The average molecular weight is 542 g/mol. The lowest BCUT2D eigenvalue weighted by Gasteiger charge is -2.13. The minimum absolute atomic E-state index is 0.185. The third-order valence-corrected chi connectivity index (χ3v) is 7.56. The summed E-state index contributed by atoms with van der Waals surface area (Å²) in [5, 5.41) is 2.93. The van der Waals surface area contributed by atoms with Crippen LogP contribution in [-0.4, -0.2) is 26.6 Å². The van der Waals surface area contributed by atoms with Crippen molar-refractivity contribution in [2.75, 3.05) is 11.9 Å². The molecule has 202 valence electrons. The lowest BCUT2D eigenvalue weighted by atomic mass is 10.0. The number of benzene rings is 3. The van der Waals surface area contributed by atoms with Gasteiger partial charge in [0.25, 0.3) is 5.91 Å². The molecule has 1 heterocycles. The van der Waals surface area contributed by atoms with E-state index in [0.29, 0.717) is 28.5 Å². The average Bonchev–Trinajstić information content (AvgIpc) is 3.39. The molecule has 0 saturated carbocycles. The van der Waals surface area contributed by atoms with E-state index < -0.39 is 11.2 Å². The predicted molar refractivity (Wildman–Crippen MR) is 159 cm³/mol. The molecule has 0 saturated heterocycles. The van der Waals surface area contributed by atoms with Crippen LogP contribution in [0.3, 0.4) is 0 Å². The Labute approximate surface area is 233 Å². The molecular formula is C32H35N3O3S. The number of imidazole rings is 1. The highest BCUT2D eigenvalue weighted by Crippen LogP contribution is 2.25. The van der Waals surface area contributed by atoms with E-state index in [1.54, 1.807) is 43.7 Å². The van der Waals surface area contributed by atoms with E-state index in [-0.39, 0.29) is 5.91 Å². The van der Waals surface area contributed by atoms with Crippen molar-refractivity contribution >= 4 is 28.8 Å². The lowest BCUT2D eigenvalue weighted by Crippen LogP contribution is -2.13. The summed E-state index contributed by atoms with van der Waals surface area (Å²) in [5.41, 5.74) is 5.30. The van der Waals surface area contributed by atoms with Gasteiger partial charge in [-0.3, -0.25) is 4.79 Å². The highest BCUT2D eigenvalue weighted by atomic mass is 32.2. The van der Waals surface area contributed by atoms with Gasteiger partial charge in [-0.05, 0) is 96.2 Å². The van der Waals surface area contributed by atoms with E-state index in [4.69, 9.17) is 4.74 Å². The summed E-state index contributed by atoms with van der Waals surface area (Å²) in [4.78, 5) is 17.8. The SMILES string of the molecule is CCCOc1ccc(-c2cccc(/C=C(\C)C(=O)Nc3ccc([S+]([O-])Cc4cncn4CCC)cc3)c2)cc1. The number of hydrogen-bond acceptors (Lipinski definition) is 4. The Hall–Kier alpha value is -3.81. The van der Waals surface area contributed by atoms with Crippen molar-refractivity contribution in [2.45, 2.75) is 50.8 Å². The first-order valence-electron chi connectivity index (χ1n) is 13.3. The zero-order valence-corrected chi connectivity index (χ0v) is 23.5. The van der Waals surface area contributed by atoms with Gasteiger partial charge in [-0.15, -0.1) is 0 Å². The summed E-state index contributed by atoms with van der Waals surface area (Å²) in [6, 6.07) is 23.3. The Bertz CT molecular complexity index is 1390. The molecule has 1 atom stereocenters. The van der Waals surface area contributed by atoms with Crippen LogP contribution < -0.4 is 10.1 Å². The number of amides is 1. The van der Waals surface area contributed by atoms with Crippen molar-refractivity contribution in [3.05, 3.63) is 102 Å². The molecule has 4 aromatic rings. The Morgan fingerprint density at radius 2 is 1.79 bits per heavy atom. The lowest BCUT2D eigenvalue weighted by molar-refractivity contribution is -0.112. The quantitative estimate of drug-likeness (QED) is 0.153. The van der Waals surface area contributed by atoms with Gasteiger partial charge in [0, 0.05) is 17.8 Å². The number of nitrogens with zero attached hydrogens (tertiary/aromatic N) is 2. The zero-order valence-electron chi connectivity index (χ0n) is 22.7. The van der Waals surface area contributed by atoms with Crippen molar-refractivity contribution < 1.29 is 14.1 Å². The summed E-state index contributed by atoms with van der Waals surface area (Å²) in [5.74, 6) is 1.08. The number of aromatic nitrogens is 2. The van der Waals surface area contributed by atoms with E-state index >= 15 is 0 Å². The van der Waals surface area contributed by atoms with E-state index in [9.17, 15) is 9.35 Å². The number of anilines is 1. The van der Waals surface area contributed by atoms with E-state index in [1.807, 2.05) is 47.0 Å². The van der Waals surface area contributed by atoms with Crippen LogP contribution in [-0.2, 0) is 28.3 Å². The van der Waals surface area contributed by atoms with Gasteiger partial charge in [-0.1, -0.05) is 44.2 Å². The number of hydrogen-bond donors (Lipinski definition) is 1. The molecule has 39 heavy (non-hydrogen) atoms. The van der Waals surface area contributed by atoms with Crippen LogP contribution in [0.4, 0.5) is 5.69 Å². The first kappa shape index (κ1) is 28.2. The number of carbonyl (C=O) groups is 1. The Balaban J connectivity index is 1.37. The molecule has 1 unspecified atom stereocenters. The molecule has 0 radical (unpaired) electrons. The molecule has 0 bridgehead atoms. The molecule has 0 aliphatic rings. The van der Waals surface area contributed by atoms with Crippen LogP contribution in [0.15, 0.2) is 95.8 Å². The molecule has 0 aliphatic heterocycles. The van der Waals surface area contributed by atoms with Crippen LogP contribution >= 0.6 is 0 Å². The second-order valence-corrected chi connectivity index (χ2v) is 10.8. The fraction of sp³-hybridized carbons (Fsp3) is 0.250. The number of aryl methyl sites for hydroxylation is 1. The molecule has 3 aromatic carbocycles. The Kier molecular flexibility index (Phi) is 10.00. The maximum atomic E-state index is 12.9. The maximum Gasteiger partial charge on any atom is 0.251 e. The molecule has 1 aromatic heterocycles. The van der Waals surface area contributed by atoms with Crippen LogP contribution in [0, 0.1) is 0 Å². The third kappa shape index (κ3) is 7.85. The van der Waals surface area contributed by atoms with Crippen molar-refractivity contribution in [1.82, 2.24) is 9.55 Å². The third-order valence-electron chi connectivity index (χ3n) is 6.21. The summed E-state index contributed by atoms with van der Waals surface area (Å²) >= 11 is -1.20. The number of nitrogens with one attached hydrogen (secondary N) is 1. The van der Waals surface area contributed by atoms with Crippen molar-refractivity contribution in [2.24, 2.45) is 0 Å². The first-order valence-corrected chi connectivity index (χ1v) is 14.6. The van der Waals surface area contributed by atoms with Crippen LogP contribution in [0.25, 0.3) is 17.2 Å². The zero-order chi connectivity index (χ0) is 27.6. The standard InChI is InChI=1S/C32H35N3O3S/c1-4-17-35-23-33-21-29(35)22-39(37)31-15-11-28(12-16-31)34-32(36)24(3)19-25-7-6-8-27(20-25)26-9-13-30(14-10-26)38-18-5-2/h6-16,19-21,23H,4-5,17-18,22H2,1-3H3,(H,34,36)/b24-19+. The fourth-order valence-electron chi connectivity index (χ4n) is 4.14. The summed E-state index contributed by atoms with van der Waals surface area (Å²) in [7, 11) is 0. The van der Waals surface area contributed by atoms with Gasteiger partial charge in [-0.25, -0.2) is 4.98 Å². The number of rotatable bonds is 12. The fourth-order valence-corrected chi connectivity index (χ4v) is 5.25. The molecule has 0 fully saturated rings. The van der Waals surface area contributed by atoms with Gasteiger partial charge in [0.05, 0.1) is 24.8 Å². The van der Waals surface area contributed by atoms with Gasteiger partial charge in [0.15, 0.2) is 10.6 Å². The largest absolute Gasteiger partial charge is 0.611 e. The second kappa shape index (κ2) is 13.8. The van der Waals surface area contributed by atoms with Crippen LogP contribution in [0.1, 0.15) is 44.9 Å². The Morgan fingerprint density at radius 1 is 1.03 bits per heavy atom. The van der Waals surface area contributed by atoms with Crippen molar-refractivity contribution in [3.8, 4) is 16.9 Å². The molecule has 6 nitrogen and oxygen atoms in total. The molecule has 1 N–H and O–H groups in total. The highest BCUT2D eigenvalue weighted by Gasteiger charge is 2.15. The van der Waals surface area contributed by atoms with Crippen molar-refractivity contribution in [1.29, 1.82) is 0 Å². The van der Waals surface area contributed by atoms with Gasteiger partial charge < -0.3 is 19.2 Å². The van der Waals surface area contributed by atoms with Gasteiger partial charge in [0.2, 0.25) is 0 Å². The van der Waals surface area contributed by atoms with Crippen molar-refractivity contribution in [3.63, 3.8) is 0 Å². The molecular weight excluding hydrogens is 506 g/mol. The molecule has 4 rings (SSSR count). The monoisotopic (exact) mass is 541 g/mol.